The maximum absolute atomic E-state index is 12.5. The number of furan rings is 1. The number of aromatic nitrogens is 1. The number of aryl methyl sites for hydroxylation is 1. The van der Waals surface area contributed by atoms with Crippen LogP contribution in [0.15, 0.2) is 28.2 Å². The van der Waals surface area contributed by atoms with Crippen LogP contribution >= 0.6 is 11.3 Å². The molecule has 3 heterocycles. The Morgan fingerprint density at radius 3 is 2.86 bits per heavy atom. The lowest BCUT2D eigenvalue weighted by Gasteiger charge is -2.33. The van der Waals surface area contributed by atoms with Crippen molar-refractivity contribution in [2.24, 2.45) is 0 Å². The van der Waals surface area contributed by atoms with Crippen LogP contribution in [0.1, 0.15) is 34.6 Å². The summed E-state index contributed by atoms with van der Waals surface area (Å²) in [4.78, 5) is 21.1. The second-order valence-corrected chi connectivity index (χ2v) is 6.47. The molecule has 0 radical (unpaired) electrons. The zero-order valence-electron chi connectivity index (χ0n) is 12.8. The van der Waals surface area contributed by atoms with Crippen molar-refractivity contribution in [3.05, 3.63) is 40.2 Å². The van der Waals surface area contributed by atoms with Gasteiger partial charge in [0.05, 0.1) is 17.8 Å². The van der Waals surface area contributed by atoms with Crippen LogP contribution < -0.4 is 0 Å². The largest absolute Gasteiger partial charge is 0.468 e. The molecule has 1 aliphatic rings. The van der Waals surface area contributed by atoms with Crippen LogP contribution in [0, 0.1) is 0 Å². The third-order valence-corrected chi connectivity index (χ3v) is 4.76. The monoisotopic (exact) mass is 319 g/mol. The van der Waals surface area contributed by atoms with Crippen molar-refractivity contribution < 1.29 is 9.21 Å². The molecule has 0 bridgehead atoms. The average Bonchev–Trinajstić information content (AvgIpc) is 3.20. The number of carbonyl (C=O) groups excluding carboxylic acids is 1. The number of hydrogen-bond acceptors (Lipinski definition) is 5. The lowest BCUT2D eigenvalue weighted by atomic mass is 10.2. The Labute approximate surface area is 134 Å². The highest BCUT2D eigenvalue weighted by Gasteiger charge is 2.24. The highest BCUT2D eigenvalue weighted by Crippen LogP contribution is 2.15. The van der Waals surface area contributed by atoms with Gasteiger partial charge < -0.3 is 9.32 Å². The molecule has 6 heteroatoms. The first kappa shape index (κ1) is 15.2. The topological polar surface area (TPSA) is 49.6 Å². The van der Waals surface area contributed by atoms with Gasteiger partial charge in [-0.3, -0.25) is 9.69 Å². The van der Waals surface area contributed by atoms with Crippen molar-refractivity contribution in [3.63, 3.8) is 0 Å². The molecular formula is C16H21N3O2S. The summed E-state index contributed by atoms with van der Waals surface area (Å²) in [6.45, 7) is 6.19. The van der Waals surface area contributed by atoms with Crippen molar-refractivity contribution in [3.8, 4) is 0 Å². The van der Waals surface area contributed by atoms with Gasteiger partial charge in [-0.25, -0.2) is 4.98 Å². The summed E-state index contributed by atoms with van der Waals surface area (Å²) in [6, 6.07) is 3.90. The molecule has 5 nitrogen and oxygen atoms in total. The molecule has 1 saturated heterocycles. The SMILES string of the molecule is CCCc1nc(C(=O)N2CCN(Cc3ccco3)CC2)cs1. The molecular weight excluding hydrogens is 298 g/mol. The second-order valence-electron chi connectivity index (χ2n) is 5.52. The number of amides is 1. The van der Waals surface area contributed by atoms with Gasteiger partial charge in [0.15, 0.2) is 0 Å². The standard InChI is InChI=1S/C16H21N3O2S/c1-2-4-15-17-14(12-22-15)16(20)19-8-6-18(7-9-19)11-13-5-3-10-21-13/h3,5,10,12H,2,4,6-9,11H2,1H3. The minimum Gasteiger partial charge on any atom is -0.468 e. The summed E-state index contributed by atoms with van der Waals surface area (Å²) < 4.78 is 5.37. The fourth-order valence-corrected chi connectivity index (χ4v) is 3.51. The highest BCUT2D eigenvalue weighted by molar-refractivity contribution is 7.09. The van der Waals surface area contributed by atoms with Gasteiger partial charge in [0.1, 0.15) is 11.5 Å². The molecule has 0 atom stereocenters. The Hall–Kier alpha value is -1.66. The van der Waals surface area contributed by atoms with Gasteiger partial charge in [-0.05, 0) is 25.0 Å². The van der Waals surface area contributed by atoms with Gasteiger partial charge in [-0.1, -0.05) is 6.92 Å². The van der Waals surface area contributed by atoms with Gasteiger partial charge in [0.2, 0.25) is 0 Å². The summed E-state index contributed by atoms with van der Waals surface area (Å²) in [5.74, 6) is 1.04. The molecule has 118 valence electrons. The molecule has 22 heavy (non-hydrogen) atoms. The molecule has 2 aromatic heterocycles. The van der Waals surface area contributed by atoms with E-state index in [9.17, 15) is 4.79 Å². The van der Waals surface area contributed by atoms with Crippen LogP contribution in [-0.4, -0.2) is 46.9 Å². The van der Waals surface area contributed by atoms with Crippen molar-refractivity contribution in [2.45, 2.75) is 26.3 Å². The van der Waals surface area contributed by atoms with E-state index in [1.165, 1.54) is 0 Å². The molecule has 2 aromatic rings. The first-order chi connectivity index (χ1) is 10.8. The van der Waals surface area contributed by atoms with E-state index in [1.807, 2.05) is 22.4 Å². The number of nitrogens with zero attached hydrogens (tertiary/aromatic N) is 3. The average molecular weight is 319 g/mol. The van der Waals surface area contributed by atoms with E-state index in [0.717, 1.165) is 56.3 Å². The van der Waals surface area contributed by atoms with Crippen molar-refractivity contribution in [1.29, 1.82) is 0 Å². The highest BCUT2D eigenvalue weighted by atomic mass is 32.1. The summed E-state index contributed by atoms with van der Waals surface area (Å²) in [7, 11) is 0. The molecule has 1 aliphatic heterocycles. The number of thiazole rings is 1. The smallest absolute Gasteiger partial charge is 0.273 e. The predicted octanol–water partition coefficient (Wildman–Crippen LogP) is 2.65. The van der Waals surface area contributed by atoms with Crippen molar-refractivity contribution >= 4 is 17.2 Å². The van der Waals surface area contributed by atoms with Gasteiger partial charge in [0, 0.05) is 31.6 Å². The van der Waals surface area contributed by atoms with Crippen molar-refractivity contribution in [1.82, 2.24) is 14.8 Å². The third kappa shape index (κ3) is 3.56. The van der Waals surface area contributed by atoms with E-state index in [2.05, 4.69) is 16.8 Å². The summed E-state index contributed by atoms with van der Waals surface area (Å²) in [5.41, 5.74) is 0.605. The molecule has 0 spiro atoms. The Kier molecular flexibility index (Phi) is 4.90. The molecule has 1 fully saturated rings. The minimum absolute atomic E-state index is 0.0660. The van der Waals surface area contributed by atoms with Crippen LogP contribution in [0.25, 0.3) is 0 Å². The summed E-state index contributed by atoms with van der Waals surface area (Å²) >= 11 is 1.59. The van der Waals surface area contributed by atoms with Crippen LogP contribution in [0.4, 0.5) is 0 Å². The quantitative estimate of drug-likeness (QED) is 0.850. The molecule has 0 N–H and O–H groups in total. The number of piperazine rings is 1. The van der Waals surface area contributed by atoms with Crippen LogP contribution in [0.3, 0.4) is 0 Å². The van der Waals surface area contributed by atoms with Gasteiger partial charge >= 0.3 is 0 Å². The van der Waals surface area contributed by atoms with E-state index in [1.54, 1.807) is 17.6 Å². The second kappa shape index (κ2) is 7.07. The Bertz CT molecular complexity index is 601. The fourth-order valence-electron chi connectivity index (χ4n) is 2.63. The van der Waals surface area contributed by atoms with Crippen molar-refractivity contribution in [2.75, 3.05) is 26.2 Å². The number of carbonyl (C=O) groups is 1. The van der Waals surface area contributed by atoms with Gasteiger partial charge in [0.25, 0.3) is 5.91 Å². The van der Waals surface area contributed by atoms with E-state index in [-0.39, 0.29) is 5.91 Å². The predicted molar refractivity (Wildman–Crippen MR) is 86.0 cm³/mol. The normalized spacial score (nSPS) is 16.1. The zero-order chi connectivity index (χ0) is 15.4. The van der Waals surface area contributed by atoms with E-state index in [4.69, 9.17) is 4.42 Å². The summed E-state index contributed by atoms with van der Waals surface area (Å²) in [5, 5.41) is 2.95. The third-order valence-electron chi connectivity index (χ3n) is 3.85. The Balaban J connectivity index is 1.52. The molecule has 0 unspecified atom stereocenters. The van der Waals surface area contributed by atoms with Crippen LogP contribution in [0.5, 0.6) is 0 Å². The van der Waals surface area contributed by atoms with Crippen LogP contribution in [-0.2, 0) is 13.0 Å². The van der Waals surface area contributed by atoms with Gasteiger partial charge in [-0.2, -0.15) is 0 Å². The Morgan fingerprint density at radius 1 is 1.36 bits per heavy atom. The lowest BCUT2D eigenvalue weighted by Crippen LogP contribution is -2.48. The number of hydrogen-bond donors (Lipinski definition) is 0. The van der Waals surface area contributed by atoms with E-state index >= 15 is 0 Å². The molecule has 0 saturated carbocycles. The maximum atomic E-state index is 12.5. The van der Waals surface area contributed by atoms with Gasteiger partial charge in [-0.15, -0.1) is 11.3 Å². The maximum Gasteiger partial charge on any atom is 0.273 e. The first-order valence-electron chi connectivity index (χ1n) is 7.74. The summed E-state index contributed by atoms with van der Waals surface area (Å²) in [6.07, 6.45) is 3.71. The number of rotatable bonds is 5. The van der Waals surface area contributed by atoms with Crippen LogP contribution in [0.2, 0.25) is 0 Å². The minimum atomic E-state index is 0.0660. The molecule has 3 rings (SSSR count). The fraction of sp³-hybridized carbons (Fsp3) is 0.500. The first-order valence-corrected chi connectivity index (χ1v) is 8.62. The lowest BCUT2D eigenvalue weighted by molar-refractivity contribution is 0.0615. The Morgan fingerprint density at radius 2 is 2.18 bits per heavy atom. The zero-order valence-corrected chi connectivity index (χ0v) is 13.6. The molecule has 1 amide bonds. The van der Waals surface area contributed by atoms with E-state index < -0.39 is 0 Å². The molecule has 0 aliphatic carbocycles. The molecule has 0 aromatic carbocycles. The van der Waals surface area contributed by atoms with E-state index in [0.29, 0.717) is 5.69 Å².